The summed E-state index contributed by atoms with van der Waals surface area (Å²) in [6.07, 6.45) is 1.05. The molecule has 0 aliphatic heterocycles. The first-order chi connectivity index (χ1) is 7.74. The highest BCUT2D eigenvalue weighted by atomic mass is 79.9. The largest absolute Gasteiger partial charge is 0.105 e. The standard InChI is InChI=1S/C14H14BrP/c1-2-10-11(7-5-9-14(10)16)12-6-3-4-8-13(12)15/h3-9H,2,16H2,1H3. The van der Waals surface area contributed by atoms with E-state index in [0.717, 1.165) is 10.9 Å². The Balaban J connectivity index is 2.65. The second-order valence-corrected chi connectivity index (χ2v) is 5.18. The van der Waals surface area contributed by atoms with Gasteiger partial charge < -0.3 is 0 Å². The zero-order valence-electron chi connectivity index (χ0n) is 9.20. The molecule has 0 radical (unpaired) electrons. The van der Waals surface area contributed by atoms with E-state index in [4.69, 9.17) is 0 Å². The van der Waals surface area contributed by atoms with Crippen LogP contribution < -0.4 is 5.30 Å². The summed E-state index contributed by atoms with van der Waals surface area (Å²) in [4.78, 5) is 0. The molecule has 0 saturated carbocycles. The van der Waals surface area contributed by atoms with E-state index in [1.54, 1.807) is 0 Å². The molecule has 0 aromatic heterocycles. The van der Waals surface area contributed by atoms with Crippen LogP contribution in [0.25, 0.3) is 11.1 Å². The summed E-state index contributed by atoms with van der Waals surface area (Å²) in [7, 11) is 2.82. The van der Waals surface area contributed by atoms with Crippen molar-refractivity contribution in [3.63, 3.8) is 0 Å². The molecular weight excluding hydrogens is 279 g/mol. The summed E-state index contributed by atoms with van der Waals surface area (Å²) in [6, 6.07) is 14.8. The first-order valence-corrected chi connectivity index (χ1v) is 6.73. The highest BCUT2D eigenvalue weighted by Crippen LogP contribution is 2.30. The maximum absolute atomic E-state index is 3.61. The quantitative estimate of drug-likeness (QED) is 0.729. The molecule has 2 aromatic carbocycles. The molecule has 0 spiro atoms. The van der Waals surface area contributed by atoms with E-state index in [-0.39, 0.29) is 0 Å². The van der Waals surface area contributed by atoms with Gasteiger partial charge in [0.1, 0.15) is 0 Å². The zero-order chi connectivity index (χ0) is 11.5. The van der Waals surface area contributed by atoms with Gasteiger partial charge in [0.2, 0.25) is 0 Å². The Morgan fingerprint density at radius 3 is 2.38 bits per heavy atom. The van der Waals surface area contributed by atoms with Gasteiger partial charge >= 0.3 is 0 Å². The van der Waals surface area contributed by atoms with Crippen molar-refractivity contribution in [3.8, 4) is 11.1 Å². The van der Waals surface area contributed by atoms with E-state index in [9.17, 15) is 0 Å². The van der Waals surface area contributed by atoms with Gasteiger partial charge in [-0.25, -0.2) is 0 Å². The Labute approximate surface area is 107 Å². The molecule has 1 atom stereocenters. The summed E-state index contributed by atoms with van der Waals surface area (Å²) >= 11 is 3.61. The Bertz CT molecular complexity index is 506. The van der Waals surface area contributed by atoms with Crippen molar-refractivity contribution in [1.82, 2.24) is 0 Å². The van der Waals surface area contributed by atoms with Crippen molar-refractivity contribution < 1.29 is 0 Å². The van der Waals surface area contributed by atoms with Crippen LogP contribution in [0.15, 0.2) is 46.9 Å². The molecule has 0 heterocycles. The topological polar surface area (TPSA) is 0 Å². The average molecular weight is 293 g/mol. The van der Waals surface area contributed by atoms with Crippen LogP contribution in [0.2, 0.25) is 0 Å². The Hall–Kier alpha value is -0.650. The molecule has 0 saturated heterocycles. The van der Waals surface area contributed by atoms with Gasteiger partial charge in [-0.2, -0.15) is 0 Å². The second-order valence-electron chi connectivity index (χ2n) is 3.71. The minimum atomic E-state index is 1.05. The summed E-state index contributed by atoms with van der Waals surface area (Å²) < 4.78 is 1.15. The predicted octanol–water partition coefficient (Wildman–Crippen LogP) is 4.18. The molecule has 2 heteroatoms. The molecule has 16 heavy (non-hydrogen) atoms. The van der Waals surface area contributed by atoms with Crippen molar-refractivity contribution in [2.24, 2.45) is 0 Å². The van der Waals surface area contributed by atoms with Gasteiger partial charge in [-0.1, -0.05) is 59.3 Å². The third-order valence-corrected chi connectivity index (χ3v) is 3.96. The number of hydrogen-bond acceptors (Lipinski definition) is 0. The summed E-state index contributed by atoms with van der Waals surface area (Å²) in [5.41, 5.74) is 3.99. The third-order valence-electron chi connectivity index (χ3n) is 2.73. The van der Waals surface area contributed by atoms with Crippen molar-refractivity contribution in [2.75, 3.05) is 0 Å². The molecular formula is C14H14BrP. The molecule has 0 N–H and O–H groups in total. The normalized spacial score (nSPS) is 10.4. The fourth-order valence-electron chi connectivity index (χ4n) is 1.93. The van der Waals surface area contributed by atoms with Gasteiger partial charge in [0.25, 0.3) is 0 Å². The van der Waals surface area contributed by atoms with Crippen LogP contribution in [0.4, 0.5) is 0 Å². The van der Waals surface area contributed by atoms with Gasteiger partial charge in [0.15, 0.2) is 0 Å². The lowest BCUT2D eigenvalue weighted by molar-refractivity contribution is 1.16. The molecule has 0 nitrogen and oxygen atoms in total. The van der Waals surface area contributed by atoms with Gasteiger partial charge in [0, 0.05) is 4.47 Å². The molecule has 0 aliphatic carbocycles. The molecule has 0 aliphatic rings. The Kier molecular flexibility index (Phi) is 3.78. The highest BCUT2D eigenvalue weighted by Gasteiger charge is 2.08. The maximum Gasteiger partial charge on any atom is 0.0253 e. The summed E-state index contributed by atoms with van der Waals surface area (Å²) in [5.74, 6) is 0. The van der Waals surface area contributed by atoms with Crippen LogP contribution >= 0.6 is 25.2 Å². The van der Waals surface area contributed by atoms with E-state index in [2.05, 4.69) is 68.5 Å². The first kappa shape index (κ1) is 11.8. The fourth-order valence-corrected chi connectivity index (χ4v) is 2.90. The molecule has 2 rings (SSSR count). The lowest BCUT2D eigenvalue weighted by Gasteiger charge is -2.12. The van der Waals surface area contributed by atoms with Crippen molar-refractivity contribution in [2.45, 2.75) is 13.3 Å². The van der Waals surface area contributed by atoms with Crippen molar-refractivity contribution in [1.29, 1.82) is 0 Å². The molecule has 2 aromatic rings. The lowest BCUT2D eigenvalue weighted by Crippen LogP contribution is -2.02. The second kappa shape index (κ2) is 5.12. The monoisotopic (exact) mass is 292 g/mol. The van der Waals surface area contributed by atoms with Crippen molar-refractivity contribution >= 4 is 30.5 Å². The lowest BCUT2D eigenvalue weighted by atomic mass is 9.98. The van der Waals surface area contributed by atoms with Crippen LogP contribution in [0.5, 0.6) is 0 Å². The van der Waals surface area contributed by atoms with Crippen LogP contribution in [0.1, 0.15) is 12.5 Å². The van der Waals surface area contributed by atoms with E-state index < -0.39 is 0 Å². The van der Waals surface area contributed by atoms with Crippen LogP contribution in [-0.2, 0) is 6.42 Å². The molecule has 1 unspecified atom stereocenters. The molecule has 0 amide bonds. The van der Waals surface area contributed by atoms with Gasteiger partial charge in [-0.3, -0.25) is 0 Å². The number of halogens is 1. The SMILES string of the molecule is CCc1c(P)cccc1-c1ccccc1Br. The van der Waals surface area contributed by atoms with Gasteiger partial charge in [-0.05, 0) is 34.5 Å². The minimum absolute atomic E-state index is 1.05. The number of hydrogen-bond donors (Lipinski definition) is 0. The van der Waals surface area contributed by atoms with Crippen molar-refractivity contribution in [3.05, 3.63) is 52.5 Å². The average Bonchev–Trinajstić information content (AvgIpc) is 2.29. The van der Waals surface area contributed by atoms with E-state index in [1.165, 1.54) is 22.0 Å². The summed E-state index contributed by atoms with van der Waals surface area (Å²) in [5, 5.41) is 1.29. The number of rotatable bonds is 2. The van der Waals surface area contributed by atoms with E-state index >= 15 is 0 Å². The third kappa shape index (κ3) is 2.21. The van der Waals surface area contributed by atoms with Gasteiger partial charge in [-0.15, -0.1) is 9.24 Å². The minimum Gasteiger partial charge on any atom is -0.105 e. The van der Waals surface area contributed by atoms with E-state index in [0.29, 0.717) is 0 Å². The van der Waals surface area contributed by atoms with Gasteiger partial charge in [0.05, 0.1) is 0 Å². The maximum atomic E-state index is 3.61. The van der Waals surface area contributed by atoms with Crippen LogP contribution in [0.3, 0.4) is 0 Å². The molecule has 0 bridgehead atoms. The number of benzene rings is 2. The van der Waals surface area contributed by atoms with E-state index in [1.807, 2.05) is 6.07 Å². The zero-order valence-corrected chi connectivity index (χ0v) is 11.9. The first-order valence-electron chi connectivity index (χ1n) is 5.36. The summed E-state index contributed by atoms with van der Waals surface area (Å²) in [6.45, 7) is 2.20. The highest BCUT2D eigenvalue weighted by molar-refractivity contribution is 9.10. The fraction of sp³-hybridized carbons (Fsp3) is 0.143. The molecule has 82 valence electrons. The van der Waals surface area contributed by atoms with Crippen LogP contribution in [0, 0.1) is 0 Å². The Morgan fingerprint density at radius 2 is 1.69 bits per heavy atom. The smallest absolute Gasteiger partial charge is 0.0253 e. The Morgan fingerprint density at radius 1 is 1.00 bits per heavy atom. The predicted molar refractivity (Wildman–Crippen MR) is 78.3 cm³/mol. The van der Waals surface area contributed by atoms with Crippen LogP contribution in [-0.4, -0.2) is 0 Å². The molecule has 0 fully saturated rings.